The van der Waals surface area contributed by atoms with Crippen LogP contribution in [0.3, 0.4) is 0 Å². The number of nitrogens with one attached hydrogen (secondary N) is 1. The highest BCUT2D eigenvalue weighted by molar-refractivity contribution is 7.89. The lowest BCUT2D eigenvalue weighted by Gasteiger charge is -2.35. The van der Waals surface area contributed by atoms with Crippen LogP contribution in [0, 0.1) is 0 Å². The Morgan fingerprint density at radius 2 is 1.62 bits per heavy atom. The van der Waals surface area contributed by atoms with Gasteiger partial charge < -0.3 is 19.7 Å². The van der Waals surface area contributed by atoms with Gasteiger partial charge in [-0.3, -0.25) is 0 Å². The minimum atomic E-state index is -3.55. The maximum absolute atomic E-state index is 12.8. The minimum absolute atomic E-state index is 0.237. The van der Waals surface area contributed by atoms with Gasteiger partial charge in [-0.05, 0) is 48.6 Å². The van der Waals surface area contributed by atoms with Crippen LogP contribution in [-0.2, 0) is 10.0 Å². The highest BCUT2D eigenvalue weighted by atomic mass is 35.5. The standard InChI is InChI=1S/C19H22ClN3O4S2/c1-26-17-8-5-15(13-18(17)27-2)21-19(28)22-9-11-23(12-10-22)29(24,25)16-6-3-14(20)4-7-16/h3-8,13H,9-12H2,1-2H3,(H,21,28). The van der Waals surface area contributed by atoms with Gasteiger partial charge >= 0.3 is 0 Å². The molecule has 10 heteroatoms. The Kier molecular flexibility index (Phi) is 6.84. The molecule has 2 aromatic carbocycles. The second kappa shape index (κ2) is 9.17. The number of piperazine rings is 1. The van der Waals surface area contributed by atoms with Crippen molar-refractivity contribution in [3.8, 4) is 11.5 Å². The van der Waals surface area contributed by atoms with Crippen molar-refractivity contribution in [2.45, 2.75) is 4.90 Å². The van der Waals surface area contributed by atoms with E-state index >= 15 is 0 Å². The van der Waals surface area contributed by atoms with E-state index in [4.69, 9.17) is 33.3 Å². The quantitative estimate of drug-likeness (QED) is 0.694. The summed E-state index contributed by atoms with van der Waals surface area (Å²) in [5, 5.41) is 4.20. The topological polar surface area (TPSA) is 71.1 Å². The second-order valence-electron chi connectivity index (χ2n) is 6.34. The largest absolute Gasteiger partial charge is 0.493 e. The molecule has 1 fully saturated rings. The number of ether oxygens (including phenoxy) is 2. The Morgan fingerprint density at radius 1 is 1.00 bits per heavy atom. The summed E-state index contributed by atoms with van der Waals surface area (Å²) in [5.41, 5.74) is 0.767. The van der Waals surface area contributed by atoms with E-state index in [0.29, 0.717) is 47.8 Å². The zero-order chi connectivity index (χ0) is 21.0. The normalized spacial score (nSPS) is 15.1. The molecule has 0 bridgehead atoms. The first-order valence-electron chi connectivity index (χ1n) is 8.89. The van der Waals surface area contributed by atoms with Crippen molar-refractivity contribution in [2.75, 3.05) is 45.7 Å². The van der Waals surface area contributed by atoms with Gasteiger partial charge in [0.15, 0.2) is 16.6 Å². The molecule has 156 valence electrons. The van der Waals surface area contributed by atoms with E-state index < -0.39 is 10.0 Å². The van der Waals surface area contributed by atoms with Crippen molar-refractivity contribution in [1.29, 1.82) is 0 Å². The molecule has 1 heterocycles. The molecule has 0 aromatic heterocycles. The molecule has 1 aliphatic rings. The Hall–Kier alpha value is -2.07. The van der Waals surface area contributed by atoms with Crippen molar-refractivity contribution in [2.24, 2.45) is 0 Å². The first-order valence-corrected chi connectivity index (χ1v) is 11.1. The molecule has 0 unspecified atom stereocenters. The minimum Gasteiger partial charge on any atom is -0.493 e. The number of anilines is 1. The van der Waals surface area contributed by atoms with Crippen LogP contribution in [0.5, 0.6) is 11.5 Å². The summed E-state index contributed by atoms with van der Waals surface area (Å²) < 4.78 is 37.6. The molecular formula is C19H22ClN3O4S2. The van der Waals surface area contributed by atoms with E-state index in [1.54, 1.807) is 38.5 Å². The van der Waals surface area contributed by atoms with Crippen molar-refractivity contribution in [1.82, 2.24) is 9.21 Å². The fourth-order valence-corrected chi connectivity index (χ4v) is 4.85. The smallest absolute Gasteiger partial charge is 0.243 e. The summed E-state index contributed by atoms with van der Waals surface area (Å²) in [6.45, 7) is 1.68. The first-order chi connectivity index (χ1) is 13.8. The van der Waals surface area contributed by atoms with E-state index in [9.17, 15) is 8.42 Å². The molecule has 2 aromatic rings. The molecule has 0 atom stereocenters. The number of benzene rings is 2. The third-order valence-corrected chi connectivity index (χ3v) is 7.14. The molecule has 3 rings (SSSR count). The van der Waals surface area contributed by atoms with Crippen molar-refractivity contribution < 1.29 is 17.9 Å². The molecular weight excluding hydrogens is 434 g/mol. The fraction of sp³-hybridized carbons (Fsp3) is 0.316. The van der Waals surface area contributed by atoms with E-state index in [1.807, 2.05) is 11.0 Å². The van der Waals surface area contributed by atoms with Crippen LogP contribution >= 0.6 is 23.8 Å². The number of hydrogen-bond acceptors (Lipinski definition) is 5. The number of methoxy groups -OCH3 is 2. The molecule has 0 saturated carbocycles. The highest BCUT2D eigenvalue weighted by Gasteiger charge is 2.29. The lowest BCUT2D eigenvalue weighted by molar-refractivity contribution is 0.268. The molecule has 0 spiro atoms. The zero-order valence-corrected chi connectivity index (χ0v) is 18.5. The van der Waals surface area contributed by atoms with E-state index in [-0.39, 0.29) is 4.90 Å². The average molecular weight is 456 g/mol. The fourth-order valence-electron chi connectivity index (χ4n) is 3.00. The van der Waals surface area contributed by atoms with Gasteiger partial charge in [0.2, 0.25) is 10.0 Å². The van der Waals surface area contributed by atoms with Crippen molar-refractivity contribution in [3.63, 3.8) is 0 Å². The molecule has 29 heavy (non-hydrogen) atoms. The average Bonchev–Trinajstić information content (AvgIpc) is 2.74. The lowest BCUT2D eigenvalue weighted by Crippen LogP contribution is -2.51. The lowest BCUT2D eigenvalue weighted by atomic mass is 10.2. The Morgan fingerprint density at radius 3 is 2.21 bits per heavy atom. The van der Waals surface area contributed by atoms with Crippen LogP contribution in [0.4, 0.5) is 5.69 Å². The number of sulfonamides is 1. The molecule has 0 aliphatic carbocycles. The van der Waals surface area contributed by atoms with E-state index in [0.717, 1.165) is 5.69 Å². The number of nitrogens with zero attached hydrogens (tertiary/aromatic N) is 2. The Bertz CT molecular complexity index is 975. The van der Waals surface area contributed by atoms with Crippen LogP contribution in [-0.4, -0.2) is 63.1 Å². The summed E-state index contributed by atoms with van der Waals surface area (Å²) >= 11 is 11.3. The monoisotopic (exact) mass is 455 g/mol. The summed E-state index contributed by atoms with van der Waals surface area (Å²) in [6, 6.07) is 11.6. The Balaban J connectivity index is 1.61. The number of hydrogen-bond donors (Lipinski definition) is 1. The third-order valence-electron chi connectivity index (χ3n) is 4.61. The van der Waals surface area contributed by atoms with Gasteiger partial charge in [0.1, 0.15) is 0 Å². The number of thiocarbonyl (C=S) groups is 1. The third kappa shape index (κ3) is 4.92. The van der Waals surface area contributed by atoms with Gasteiger partial charge in [0.05, 0.1) is 19.1 Å². The molecule has 0 radical (unpaired) electrons. The van der Waals surface area contributed by atoms with E-state index in [1.165, 1.54) is 16.4 Å². The number of halogens is 1. The summed E-state index contributed by atoms with van der Waals surface area (Å²) in [4.78, 5) is 2.18. The Labute approximate surface area is 181 Å². The summed E-state index contributed by atoms with van der Waals surface area (Å²) in [7, 11) is -0.403. The maximum Gasteiger partial charge on any atom is 0.243 e. The molecule has 1 saturated heterocycles. The molecule has 1 aliphatic heterocycles. The predicted molar refractivity (Wildman–Crippen MR) is 118 cm³/mol. The van der Waals surface area contributed by atoms with E-state index in [2.05, 4.69) is 5.32 Å². The predicted octanol–water partition coefficient (Wildman–Crippen LogP) is 3.06. The highest BCUT2D eigenvalue weighted by Crippen LogP contribution is 2.30. The van der Waals surface area contributed by atoms with Crippen LogP contribution in [0.15, 0.2) is 47.4 Å². The molecule has 0 amide bonds. The van der Waals surface area contributed by atoms with Crippen LogP contribution < -0.4 is 14.8 Å². The van der Waals surface area contributed by atoms with Crippen LogP contribution in [0.2, 0.25) is 5.02 Å². The summed E-state index contributed by atoms with van der Waals surface area (Å²) in [6.07, 6.45) is 0. The molecule has 7 nitrogen and oxygen atoms in total. The van der Waals surface area contributed by atoms with Crippen molar-refractivity contribution >= 4 is 44.6 Å². The van der Waals surface area contributed by atoms with Gasteiger partial charge in [-0.25, -0.2) is 8.42 Å². The van der Waals surface area contributed by atoms with Gasteiger partial charge in [-0.2, -0.15) is 4.31 Å². The van der Waals surface area contributed by atoms with Gasteiger partial charge in [0.25, 0.3) is 0 Å². The number of rotatable bonds is 5. The second-order valence-corrected chi connectivity index (χ2v) is 9.11. The van der Waals surface area contributed by atoms with Gasteiger partial charge in [0, 0.05) is 43.0 Å². The van der Waals surface area contributed by atoms with Gasteiger partial charge in [-0.15, -0.1) is 0 Å². The van der Waals surface area contributed by atoms with Crippen LogP contribution in [0.25, 0.3) is 0 Å². The summed E-state index contributed by atoms with van der Waals surface area (Å²) in [5.74, 6) is 1.23. The maximum atomic E-state index is 12.8. The SMILES string of the molecule is COc1ccc(NC(=S)N2CCN(S(=O)(=O)c3ccc(Cl)cc3)CC2)cc1OC. The molecule has 1 N–H and O–H groups in total. The van der Waals surface area contributed by atoms with Gasteiger partial charge in [-0.1, -0.05) is 11.6 Å². The van der Waals surface area contributed by atoms with Crippen molar-refractivity contribution in [3.05, 3.63) is 47.5 Å². The zero-order valence-electron chi connectivity index (χ0n) is 16.1. The van der Waals surface area contributed by atoms with Crippen LogP contribution in [0.1, 0.15) is 0 Å². The first kappa shape index (κ1) is 21.6.